The third-order valence-corrected chi connectivity index (χ3v) is 6.69. The molecular weight excluding hydrogens is 400 g/mol. The van der Waals surface area contributed by atoms with Gasteiger partial charge in [-0.2, -0.15) is 0 Å². The van der Waals surface area contributed by atoms with Crippen LogP contribution in [0, 0.1) is 5.92 Å². The molecule has 2 aromatic carbocycles. The fraction of sp³-hybridized carbons (Fsp3) is 0.333. The summed E-state index contributed by atoms with van der Waals surface area (Å²) < 4.78 is 0. The van der Waals surface area contributed by atoms with E-state index in [4.69, 9.17) is 16.6 Å². The summed E-state index contributed by atoms with van der Waals surface area (Å²) in [5.74, 6) is 0.829. The molecule has 1 aliphatic rings. The van der Waals surface area contributed by atoms with E-state index in [1.54, 1.807) is 11.3 Å². The SMILES string of the molecule is O=C(CCC1CCCCC1)Nc1cccc(-c2csc(-c3ccc(Cl)cc3)n2)c1. The van der Waals surface area contributed by atoms with Crippen molar-refractivity contribution in [1.29, 1.82) is 0 Å². The Kier molecular flexibility index (Phi) is 6.63. The van der Waals surface area contributed by atoms with Crippen LogP contribution in [0.1, 0.15) is 44.9 Å². The first-order chi connectivity index (χ1) is 14.2. The molecule has 150 valence electrons. The van der Waals surface area contributed by atoms with Crippen molar-refractivity contribution in [2.75, 3.05) is 5.32 Å². The van der Waals surface area contributed by atoms with Gasteiger partial charge in [-0.15, -0.1) is 11.3 Å². The van der Waals surface area contributed by atoms with Gasteiger partial charge in [0, 0.05) is 33.6 Å². The largest absolute Gasteiger partial charge is 0.326 e. The summed E-state index contributed by atoms with van der Waals surface area (Å²) in [6.07, 6.45) is 8.16. The molecular formula is C24H25ClN2OS. The molecule has 5 heteroatoms. The quantitative estimate of drug-likeness (QED) is 0.447. The number of halogens is 1. The molecule has 0 saturated heterocycles. The first kappa shape index (κ1) is 20.1. The smallest absolute Gasteiger partial charge is 0.224 e. The van der Waals surface area contributed by atoms with Crippen LogP contribution < -0.4 is 5.32 Å². The number of benzene rings is 2. The summed E-state index contributed by atoms with van der Waals surface area (Å²) in [4.78, 5) is 17.1. The van der Waals surface area contributed by atoms with Gasteiger partial charge in [0.05, 0.1) is 5.69 Å². The van der Waals surface area contributed by atoms with Crippen LogP contribution in [0.2, 0.25) is 5.02 Å². The minimum atomic E-state index is 0.104. The topological polar surface area (TPSA) is 42.0 Å². The van der Waals surface area contributed by atoms with Gasteiger partial charge in [-0.25, -0.2) is 4.98 Å². The van der Waals surface area contributed by atoms with Crippen LogP contribution in [0.25, 0.3) is 21.8 Å². The van der Waals surface area contributed by atoms with E-state index in [1.807, 2.05) is 53.9 Å². The van der Waals surface area contributed by atoms with Crippen LogP contribution in [0.4, 0.5) is 5.69 Å². The molecule has 4 rings (SSSR count). The van der Waals surface area contributed by atoms with Crippen LogP contribution >= 0.6 is 22.9 Å². The molecule has 0 unspecified atom stereocenters. The van der Waals surface area contributed by atoms with Gasteiger partial charge in [-0.3, -0.25) is 4.79 Å². The molecule has 0 radical (unpaired) electrons. The average Bonchev–Trinajstić information content (AvgIpc) is 3.24. The van der Waals surface area contributed by atoms with Gasteiger partial charge in [0.2, 0.25) is 5.91 Å². The molecule has 0 aliphatic heterocycles. The van der Waals surface area contributed by atoms with Crippen molar-refractivity contribution in [1.82, 2.24) is 4.98 Å². The fourth-order valence-electron chi connectivity index (χ4n) is 3.92. The van der Waals surface area contributed by atoms with E-state index in [9.17, 15) is 4.79 Å². The van der Waals surface area contributed by atoms with Crippen LogP contribution in [0.15, 0.2) is 53.9 Å². The number of amides is 1. The molecule has 1 saturated carbocycles. The number of hydrogen-bond acceptors (Lipinski definition) is 3. The lowest BCUT2D eigenvalue weighted by molar-refractivity contribution is -0.116. The highest BCUT2D eigenvalue weighted by Gasteiger charge is 2.15. The molecule has 0 spiro atoms. The Labute approximate surface area is 181 Å². The third-order valence-electron chi connectivity index (χ3n) is 5.54. The zero-order chi connectivity index (χ0) is 20.1. The number of carbonyl (C=O) groups excluding carboxylic acids is 1. The standard InChI is InChI=1S/C24H25ClN2OS/c25-20-12-10-18(11-13-20)24-27-22(16-29-24)19-7-4-8-21(15-19)26-23(28)14-9-17-5-2-1-3-6-17/h4,7-8,10-13,15-17H,1-3,5-6,9,14H2,(H,26,28). The second-order valence-electron chi connectivity index (χ2n) is 7.72. The van der Waals surface area contributed by atoms with Gasteiger partial charge in [-0.1, -0.05) is 68.0 Å². The van der Waals surface area contributed by atoms with Crippen LogP contribution in [0.5, 0.6) is 0 Å². The molecule has 1 aliphatic carbocycles. The first-order valence-electron chi connectivity index (χ1n) is 10.3. The Morgan fingerprint density at radius 1 is 1.07 bits per heavy atom. The summed E-state index contributed by atoms with van der Waals surface area (Å²) in [6.45, 7) is 0. The van der Waals surface area contributed by atoms with Crippen molar-refractivity contribution >= 4 is 34.5 Å². The van der Waals surface area contributed by atoms with Crippen LogP contribution in [-0.4, -0.2) is 10.9 Å². The predicted octanol–water partition coefficient (Wildman–Crippen LogP) is 7.43. The van der Waals surface area contributed by atoms with E-state index in [0.29, 0.717) is 6.42 Å². The zero-order valence-corrected chi connectivity index (χ0v) is 17.9. The summed E-state index contributed by atoms with van der Waals surface area (Å²) in [6, 6.07) is 15.6. The lowest BCUT2D eigenvalue weighted by atomic mass is 9.86. The van der Waals surface area contributed by atoms with Gasteiger partial charge < -0.3 is 5.32 Å². The highest BCUT2D eigenvalue weighted by molar-refractivity contribution is 7.13. The van der Waals surface area contributed by atoms with Crippen molar-refractivity contribution in [3.05, 3.63) is 58.9 Å². The highest BCUT2D eigenvalue weighted by Crippen LogP contribution is 2.31. The molecule has 0 atom stereocenters. The third kappa shape index (κ3) is 5.46. The Morgan fingerprint density at radius 3 is 2.66 bits per heavy atom. The number of hydrogen-bond donors (Lipinski definition) is 1. The molecule has 1 aromatic heterocycles. The van der Waals surface area contributed by atoms with E-state index < -0.39 is 0 Å². The fourth-order valence-corrected chi connectivity index (χ4v) is 4.88. The van der Waals surface area contributed by atoms with Crippen molar-refractivity contribution in [2.45, 2.75) is 44.9 Å². The van der Waals surface area contributed by atoms with Crippen LogP contribution in [-0.2, 0) is 4.79 Å². The van der Waals surface area contributed by atoms with Crippen molar-refractivity contribution in [2.24, 2.45) is 5.92 Å². The Hall–Kier alpha value is -2.17. The van der Waals surface area contributed by atoms with E-state index >= 15 is 0 Å². The summed E-state index contributed by atoms with van der Waals surface area (Å²) >= 11 is 7.58. The molecule has 1 fully saturated rings. The number of carbonyl (C=O) groups is 1. The summed E-state index contributed by atoms with van der Waals surface area (Å²) in [5, 5.41) is 6.78. The first-order valence-corrected chi connectivity index (χ1v) is 11.5. The molecule has 0 bridgehead atoms. The molecule has 3 nitrogen and oxygen atoms in total. The predicted molar refractivity (Wildman–Crippen MR) is 122 cm³/mol. The maximum atomic E-state index is 12.4. The molecule has 1 N–H and O–H groups in total. The summed E-state index contributed by atoms with van der Waals surface area (Å²) in [7, 11) is 0. The van der Waals surface area contributed by atoms with E-state index in [2.05, 4.69) is 5.32 Å². The second-order valence-corrected chi connectivity index (χ2v) is 9.01. The monoisotopic (exact) mass is 424 g/mol. The highest BCUT2D eigenvalue weighted by atomic mass is 35.5. The molecule has 3 aromatic rings. The van der Waals surface area contributed by atoms with Crippen LogP contribution in [0.3, 0.4) is 0 Å². The Balaban J connectivity index is 1.39. The molecule has 1 amide bonds. The Bertz CT molecular complexity index is 961. The Morgan fingerprint density at radius 2 is 1.86 bits per heavy atom. The minimum Gasteiger partial charge on any atom is -0.326 e. The summed E-state index contributed by atoms with van der Waals surface area (Å²) in [5.41, 5.74) is 3.81. The molecule has 1 heterocycles. The number of aromatic nitrogens is 1. The normalized spacial score (nSPS) is 14.7. The van der Waals surface area contributed by atoms with Crippen molar-refractivity contribution < 1.29 is 4.79 Å². The average molecular weight is 425 g/mol. The number of nitrogens with one attached hydrogen (secondary N) is 1. The maximum Gasteiger partial charge on any atom is 0.224 e. The second kappa shape index (κ2) is 9.55. The maximum absolute atomic E-state index is 12.4. The number of rotatable bonds is 6. The number of thiazole rings is 1. The van der Waals surface area contributed by atoms with Gasteiger partial charge >= 0.3 is 0 Å². The number of nitrogens with zero attached hydrogens (tertiary/aromatic N) is 1. The number of anilines is 1. The zero-order valence-electron chi connectivity index (χ0n) is 16.4. The lowest BCUT2D eigenvalue weighted by Gasteiger charge is -2.21. The van der Waals surface area contributed by atoms with Gasteiger partial charge in [0.1, 0.15) is 5.01 Å². The van der Waals surface area contributed by atoms with Gasteiger partial charge in [-0.05, 0) is 36.6 Å². The van der Waals surface area contributed by atoms with Gasteiger partial charge in [0.25, 0.3) is 0 Å². The lowest BCUT2D eigenvalue weighted by Crippen LogP contribution is -2.14. The minimum absolute atomic E-state index is 0.104. The van der Waals surface area contributed by atoms with E-state index in [0.717, 1.165) is 44.9 Å². The van der Waals surface area contributed by atoms with E-state index in [1.165, 1.54) is 32.1 Å². The van der Waals surface area contributed by atoms with Crippen molar-refractivity contribution in [3.8, 4) is 21.8 Å². The van der Waals surface area contributed by atoms with Crippen molar-refractivity contribution in [3.63, 3.8) is 0 Å². The van der Waals surface area contributed by atoms with Gasteiger partial charge in [0.15, 0.2) is 0 Å². The molecule has 29 heavy (non-hydrogen) atoms. The van der Waals surface area contributed by atoms with E-state index in [-0.39, 0.29) is 5.91 Å².